The highest BCUT2D eigenvalue weighted by Gasteiger charge is 2.24. The summed E-state index contributed by atoms with van der Waals surface area (Å²) in [7, 11) is 0. The average molecular weight is 531 g/mol. The predicted molar refractivity (Wildman–Crippen MR) is 120 cm³/mol. The van der Waals surface area contributed by atoms with Gasteiger partial charge < -0.3 is 9.47 Å². The summed E-state index contributed by atoms with van der Waals surface area (Å²) in [5, 5.41) is 0. The fourth-order valence-electron chi connectivity index (χ4n) is 2.84. The van der Waals surface area contributed by atoms with Gasteiger partial charge in [-0.05, 0) is 79.4 Å². The molecule has 4 rings (SSSR count). The molecule has 0 amide bonds. The molecule has 3 aromatic carbocycles. The molecule has 30 heavy (non-hydrogen) atoms. The van der Waals surface area contributed by atoms with E-state index in [4.69, 9.17) is 9.47 Å². The van der Waals surface area contributed by atoms with Crippen LogP contribution in [0.4, 0.5) is 4.39 Å². The van der Waals surface area contributed by atoms with Crippen molar-refractivity contribution < 1.29 is 18.7 Å². The number of halogens is 3. The Balaban J connectivity index is 1.57. The molecule has 0 radical (unpaired) electrons. The molecule has 0 aromatic heterocycles. The van der Waals surface area contributed by atoms with Crippen LogP contribution in [0.15, 0.2) is 86.4 Å². The first-order valence-corrected chi connectivity index (χ1v) is 10.5. The Morgan fingerprint density at radius 2 is 1.73 bits per heavy atom. The Hall–Kier alpha value is -2.77. The fourth-order valence-corrected chi connectivity index (χ4v) is 4.29. The molecule has 0 N–H and O–H groups in total. The van der Waals surface area contributed by atoms with Crippen LogP contribution in [0.1, 0.15) is 16.7 Å². The number of hydrogen-bond acceptors (Lipinski definition) is 4. The van der Waals surface area contributed by atoms with Gasteiger partial charge in [-0.2, -0.15) is 0 Å². The summed E-state index contributed by atoms with van der Waals surface area (Å²) in [6.07, 6.45) is 1.60. The second kappa shape index (κ2) is 8.93. The molecule has 0 aliphatic carbocycles. The van der Waals surface area contributed by atoms with Crippen molar-refractivity contribution >= 4 is 49.8 Å². The molecule has 0 atom stereocenters. The Labute approximate surface area is 189 Å². The summed E-state index contributed by atoms with van der Waals surface area (Å²) in [6.45, 7) is 0.423. The van der Waals surface area contributed by atoms with Crippen LogP contribution in [-0.4, -0.2) is 11.9 Å². The number of carbonyl (C=O) groups is 1. The maximum absolute atomic E-state index is 13.4. The second-order valence-corrected chi connectivity index (χ2v) is 8.14. The lowest BCUT2D eigenvalue weighted by molar-refractivity contribution is -0.129. The monoisotopic (exact) mass is 529 g/mol. The molecule has 7 heteroatoms. The molecule has 1 aliphatic heterocycles. The van der Waals surface area contributed by atoms with E-state index in [1.807, 2.05) is 42.5 Å². The van der Waals surface area contributed by atoms with Gasteiger partial charge in [0.05, 0.1) is 8.95 Å². The number of rotatable bonds is 5. The third-order valence-electron chi connectivity index (χ3n) is 4.24. The maximum Gasteiger partial charge on any atom is 0.363 e. The van der Waals surface area contributed by atoms with Crippen molar-refractivity contribution in [2.45, 2.75) is 6.61 Å². The predicted octanol–water partition coefficient (Wildman–Crippen LogP) is 6.27. The van der Waals surface area contributed by atoms with Gasteiger partial charge >= 0.3 is 5.97 Å². The van der Waals surface area contributed by atoms with E-state index in [1.165, 1.54) is 18.2 Å². The molecule has 0 fully saturated rings. The first-order chi connectivity index (χ1) is 14.5. The lowest BCUT2D eigenvalue weighted by Crippen LogP contribution is -2.05. The van der Waals surface area contributed by atoms with Crippen LogP contribution >= 0.6 is 31.9 Å². The first-order valence-electron chi connectivity index (χ1n) is 8.94. The van der Waals surface area contributed by atoms with E-state index in [0.717, 1.165) is 20.1 Å². The highest BCUT2D eigenvalue weighted by atomic mass is 79.9. The van der Waals surface area contributed by atoms with Gasteiger partial charge in [0.25, 0.3) is 0 Å². The number of hydrogen-bond donors (Lipinski definition) is 0. The minimum atomic E-state index is -0.592. The number of nitrogens with zero attached hydrogens (tertiary/aromatic N) is 1. The minimum absolute atomic E-state index is 0.0756. The third-order valence-corrected chi connectivity index (χ3v) is 5.42. The van der Waals surface area contributed by atoms with Gasteiger partial charge in [-0.15, -0.1) is 0 Å². The van der Waals surface area contributed by atoms with Gasteiger partial charge in [-0.1, -0.05) is 36.4 Å². The summed E-state index contributed by atoms with van der Waals surface area (Å²) in [6, 6.07) is 19.2. The lowest BCUT2D eigenvalue weighted by Gasteiger charge is -2.11. The summed E-state index contributed by atoms with van der Waals surface area (Å²) >= 11 is 7.03. The second-order valence-electron chi connectivity index (χ2n) is 6.43. The topological polar surface area (TPSA) is 47.9 Å². The molecule has 1 aliphatic rings. The third kappa shape index (κ3) is 4.68. The van der Waals surface area contributed by atoms with Crippen LogP contribution in [0.25, 0.3) is 6.08 Å². The highest BCUT2D eigenvalue weighted by molar-refractivity contribution is 9.11. The summed E-state index contributed by atoms with van der Waals surface area (Å²) in [4.78, 5) is 16.4. The van der Waals surface area contributed by atoms with Crippen molar-refractivity contribution in [1.82, 2.24) is 0 Å². The SMILES string of the molecule is O=C1OC(c2cccc(F)c2)=N/C1=C\c1cc(Br)c(OCc2ccccc2)c(Br)c1. The van der Waals surface area contributed by atoms with E-state index < -0.39 is 11.8 Å². The van der Waals surface area contributed by atoms with Gasteiger partial charge in [-0.25, -0.2) is 14.2 Å². The Kier molecular flexibility index (Phi) is 6.11. The Morgan fingerprint density at radius 1 is 1.00 bits per heavy atom. The zero-order valence-electron chi connectivity index (χ0n) is 15.4. The van der Waals surface area contributed by atoms with E-state index in [-0.39, 0.29) is 11.6 Å². The Morgan fingerprint density at radius 3 is 2.43 bits per heavy atom. The summed E-state index contributed by atoms with van der Waals surface area (Å²) in [5.41, 5.74) is 2.30. The number of carbonyl (C=O) groups excluding carboxylic acids is 1. The van der Waals surface area contributed by atoms with Gasteiger partial charge in [-0.3, -0.25) is 0 Å². The van der Waals surface area contributed by atoms with E-state index in [9.17, 15) is 9.18 Å². The van der Waals surface area contributed by atoms with Crippen molar-refractivity contribution in [1.29, 1.82) is 0 Å². The number of esters is 1. The van der Waals surface area contributed by atoms with Crippen LogP contribution in [0, 0.1) is 5.82 Å². The molecule has 0 bridgehead atoms. The quantitative estimate of drug-likeness (QED) is 0.288. The lowest BCUT2D eigenvalue weighted by atomic mass is 10.2. The Bertz CT molecular complexity index is 1150. The fraction of sp³-hybridized carbons (Fsp3) is 0.0435. The van der Waals surface area contributed by atoms with Crippen LogP contribution in [-0.2, 0) is 16.1 Å². The van der Waals surface area contributed by atoms with E-state index in [0.29, 0.717) is 17.9 Å². The molecule has 0 spiro atoms. The molecule has 4 nitrogen and oxygen atoms in total. The van der Waals surface area contributed by atoms with Crippen molar-refractivity contribution in [3.8, 4) is 5.75 Å². The smallest absolute Gasteiger partial charge is 0.363 e. The number of aliphatic imine (C=N–C) groups is 1. The van der Waals surface area contributed by atoms with E-state index >= 15 is 0 Å². The van der Waals surface area contributed by atoms with Crippen molar-refractivity contribution in [2.75, 3.05) is 0 Å². The number of ether oxygens (including phenoxy) is 2. The van der Waals surface area contributed by atoms with Crippen LogP contribution < -0.4 is 4.74 Å². The van der Waals surface area contributed by atoms with Gasteiger partial charge in [0, 0.05) is 5.56 Å². The van der Waals surface area contributed by atoms with Gasteiger partial charge in [0.1, 0.15) is 18.2 Å². The van der Waals surface area contributed by atoms with Crippen molar-refractivity contribution in [2.24, 2.45) is 4.99 Å². The number of benzene rings is 3. The zero-order valence-corrected chi connectivity index (χ0v) is 18.6. The van der Waals surface area contributed by atoms with Crippen LogP contribution in [0.2, 0.25) is 0 Å². The number of cyclic esters (lactones) is 1. The molecular weight excluding hydrogens is 517 g/mol. The molecule has 3 aromatic rings. The molecule has 0 saturated carbocycles. The minimum Gasteiger partial charge on any atom is -0.487 e. The molecule has 1 heterocycles. The normalized spacial score (nSPS) is 14.6. The van der Waals surface area contributed by atoms with Crippen LogP contribution in [0.3, 0.4) is 0 Å². The first kappa shape index (κ1) is 20.5. The largest absolute Gasteiger partial charge is 0.487 e. The highest BCUT2D eigenvalue weighted by Crippen LogP contribution is 2.36. The summed E-state index contributed by atoms with van der Waals surface area (Å²) < 4.78 is 26.0. The molecule has 150 valence electrons. The van der Waals surface area contributed by atoms with Gasteiger partial charge in [0.15, 0.2) is 5.70 Å². The van der Waals surface area contributed by atoms with E-state index in [2.05, 4.69) is 36.9 Å². The maximum atomic E-state index is 13.4. The summed E-state index contributed by atoms with van der Waals surface area (Å²) in [5.74, 6) is -0.292. The molecular formula is C23H14Br2FNO3. The zero-order chi connectivity index (χ0) is 21.1. The molecule has 0 unspecified atom stereocenters. The molecule has 0 saturated heterocycles. The van der Waals surface area contributed by atoms with Crippen molar-refractivity contribution in [3.05, 3.63) is 104 Å². The average Bonchev–Trinajstić information content (AvgIpc) is 3.08. The van der Waals surface area contributed by atoms with Crippen LogP contribution in [0.5, 0.6) is 5.75 Å². The van der Waals surface area contributed by atoms with E-state index in [1.54, 1.807) is 12.1 Å². The standard InChI is InChI=1S/C23H14Br2FNO3/c24-18-9-15(10-19(25)21(18)29-13-14-5-2-1-3-6-14)11-20-23(28)30-22(27-20)16-7-4-8-17(26)12-16/h1-12H,13H2/b20-11-. The van der Waals surface area contributed by atoms with Gasteiger partial charge in [0.2, 0.25) is 5.90 Å². The van der Waals surface area contributed by atoms with Crippen molar-refractivity contribution in [3.63, 3.8) is 0 Å².